The number of carbonyl (C=O) groups is 1. The van der Waals surface area contributed by atoms with Crippen LogP contribution in [-0.4, -0.2) is 19.1 Å². The average molecular weight is 271 g/mol. The summed E-state index contributed by atoms with van der Waals surface area (Å²) in [7, 11) is 1.57. The fourth-order valence-electron chi connectivity index (χ4n) is 1.50. The number of ether oxygens (including phenoxy) is 1. The number of amides is 1. The maximum absolute atomic E-state index is 11.7. The quantitative estimate of drug-likeness (QED) is 0.860. The highest BCUT2D eigenvalue weighted by atomic mass is 35.5. The number of carbonyl (C=O) groups excluding carboxylic acids is 1. The van der Waals surface area contributed by atoms with Crippen LogP contribution in [0.15, 0.2) is 18.2 Å². The van der Waals surface area contributed by atoms with E-state index in [1.165, 1.54) is 0 Å². The van der Waals surface area contributed by atoms with Gasteiger partial charge in [-0.05, 0) is 18.1 Å². The predicted molar refractivity (Wildman–Crippen MR) is 72.7 cm³/mol. The molecule has 100 valence electrons. The summed E-state index contributed by atoms with van der Waals surface area (Å²) < 4.78 is 5.20. The van der Waals surface area contributed by atoms with Crippen molar-refractivity contribution >= 4 is 17.5 Å². The van der Waals surface area contributed by atoms with Crippen molar-refractivity contribution in [2.45, 2.75) is 26.4 Å². The summed E-state index contributed by atoms with van der Waals surface area (Å²) in [6, 6.07) is 4.84. The van der Waals surface area contributed by atoms with Gasteiger partial charge in [-0.1, -0.05) is 31.5 Å². The van der Waals surface area contributed by atoms with Gasteiger partial charge in [0.1, 0.15) is 5.75 Å². The van der Waals surface area contributed by atoms with Crippen LogP contribution in [0, 0.1) is 5.92 Å². The van der Waals surface area contributed by atoms with Gasteiger partial charge in [0.15, 0.2) is 0 Å². The molecule has 1 aromatic rings. The summed E-state index contributed by atoms with van der Waals surface area (Å²) in [5.74, 6) is 0.561. The number of nitrogens with two attached hydrogens (primary N) is 1. The molecule has 0 fully saturated rings. The first-order valence-corrected chi connectivity index (χ1v) is 6.19. The highest BCUT2D eigenvalue weighted by Crippen LogP contribution is 2.25. The number of benzene rings is 1. The maximum Gasteiger partial charge on any atom is 0.237 e. The lowest BCUT2D eigenvalue weighted by molar-refractivity contribution is -0.123. The molecule has 0 aliphatic carbocycles. The van der Waals surface area contributed by atoms with E-state index in [0.29, 0.717) is 17.3 Å². The molecule has 0 aliphatic rings. The van der Waals surface area contributed by atoms with Crippen LogP contribution in [0.25, 0.3) is 0 Å². The van der Waals surface area contributed by atoms with Crippen LogP contribution in [0.5, 0.6) is 5.75 Å². The summed E-state index contributed by atoms with van der Waals surface area (Å²) in [5, 5.41) is 3.33. The second-order valence-corrected chi connectivity index (χ2v) is 4.82. The van der Waals surface area contributed by atoms with Gasteiger partial charge in [0.05, 0.1) is 13.2 Å². The molecule has 0 aliphatic heterocycles. The first-order chi connectivity index (χ1) is 8.47. The zero-order valence-electron chi connectivity index (χ0n) is 10.9. The first kappa shape index (κ1) is 14.8. The fraction of sp³-hybridized carbons (Fsp3) is 0.462. The van der Waals surface area contributed by atoms with E-state index in [-0.39, 0.29) is 11.8 Å². The molecule has 5 heteroatoms. The summed E-state index contributed by atoms with van der Waals surface area (Å²) >= 11 is 6.07. The maximum atomic E-state index is 11.7. The van der Waals surface area contributed by atoms with Crippen molar-refractivity contribution in [1.82, 2.24) is 5.32 Å². The second kappa shape index (κ2) is 6.61. The number of hydrogen-bond donors (Lipinski definition) is 2. The largest absolute Gasteiger partial charge is 0.496 e. The van der Waals surface area contributed by atoms with Gasteiger partial charge in [0, 0.05) is 17.1 Å². The number of hydrogen-bond acceptors (Lipinski definition) is 3. The van der Waals surface area contributed by atoms with Gasteiger partial charge in [-0.3, -0.25) is 4.79 Å². The normalized spacial score (nSPS) is 12.3. The van der Waals surface area contributed by atoms with Crippen LogP contribution in [0.4, 0.5) is 0 Å². The standard InChI is InChI=1S/C13H19ClN2O2/c1-8(2)12(15)13(17)16-7-9-10(14)5-4-6-11(9)18-3/h4-6,8,12H,7,15H2,1-3H3,(H,16,17). The third-order valence-corrected chi connectivity index (χ3v) is 3.11. The summed E-state index contributed by atoms with van der Waals surface area (Å²) in [4.78, 5) is 11.7. The molecular weight excluding hydrogens is 252 g/mol. The molecule has 0 spiro atoms. The van der Waals surface area contributed by atoms with Crippen LogP contribution < -0.4 is 15.8 Å². The van der Waals surface area contributed by atoms with Crippen LogP contribution in [-0.2, 0) is 11.3 Å². The Morgan fingerprint density at radius 3 is 2.72 bits per heavy atom. The van der Waals surface area contributed by atoms with Crippen molar-refractivity contribution in [1.29, 1.82) is 0 Å². The molecule has 18 heavy (non-hydrogen) atoms. The summed E-state index contributed by atoms with van der Waals surface area (Å²) in [6.45, 7) is 4.11. The van der Waals surface area contributed by atoms with Crippen LogP contribution in [0.1, 0.15) is 19.4 Å². The molecule has 1 amide bonds. The minimum atomic E-state index is -0.515. The lowest BCUT2D eigenvalue weighted by atomic mass is 10.0. The molecule has 1 aromatic carbocycles. The Morgan fingerprint density at radius 2 is 2.17 bits per heavy atom. The molecule has 0 heterocycles. The topological polar surface area (TPSA) is 64.3 Å². The number of methoxy groups -OCH3 is 1. The van der Waals surface area contributed by atoms with E-state index >= 15 is 0 Å². The monoisotopic (exact) mass is 270 g/mol. The highest BCUT2D eigenvalue weighted by molar-refractivity contribution is 6.31. The van der Waals surface area contributed by atoms with Crippen LogP contribution >= 0.6 is 11.6 Å². The molecule has 0 saturated heterocycles. The first-order valence-electron chi connectivity index (χ1n) is 5.82. The Hall–Kier alpha value is -1.26. The minimum Gasteiger partial charge on any atom is -0.496 e. The molecule has 1 rings (SSSR count). The Morgan fingerprint density at radius 1 is 1.50 bits per heavy atom. The van der Waals surface area contributed by atoms with E-state index in [9.17, 15) is 4.79 Å². The van der Waals surface area contributed by atoms with Gasteiger partial charge in [-0.15, -0.1) is 0 Å². The van der Waals surface area contributed by atoms with Crippen molar-refractivity contribution in [3.8, 4) is 5.75 Å². The lowest BCUT2D eigenvalue weighted by Crippen LogP contribution is -2.43. The predicted octanol–water partition coefficient (Wildman–Crippen LogP) is 1.95. The molecule has 0 aromatic heterocycles. The Labute approximate surface area is 112 Å². The summed E-state index contributed by atoms with van der Waals surface area (Å²) in [6.07, 6.45) is 0. The Kier molecular flexibility index (Phi) is 5.44. The number of rotatable bonds is 5. The third-order valence-electron chi connectivity index (χ3n) is 2.76. The second-order valence-electron chi connectivity index (χ2n) is 4.41. The van der Waals surface area contributed by atoms with Gasteiger partial charge in [-0.2, -0.15) is 0 Å². The van der Waals surface area contributed by atoms with Crippen molar-refractivity contribution < 1.29 is 9.53 Å². The Balaban J connectivity index is 2.72. The van der Waals surface area contributed by atoms with Crippen molar-refractivity contribution in [3.05, 3.63) is 28.8 Å². The van der Waals surface area contributed by atoms with Crippen molar-refractivity contribution in [3.63, 3.8) is 0 Å². The SMILES string of the molecule is COc1cccc(Cl)c1CNC(=O)C(N)C(C)C. The molecule has 4 nitrogen and oxygen atoms in total. The minimum absolute atomic E-state index is 0.0955. The van der Waals surface area contributed by atoms with E-state index < -0.39 is 6.04 Å². The van der Waals surface area contributed by atoms with Gasteiger partial charge in [0.2, 0.25) is 5.91 Å². The van der Waals surface area contributed by atoms with E-state index in [1.807, 2.05) is 13.8 Å². The third kappa shape index (κ3) is 3.62. The molecule has 3 N–H and O–H groups in total. The smallest absolute Gasteiger partial charge is 0.237 e. The average Bonchev–Trinajstić information content (AvgIpc) is 2.35. The van der Waals surface area contributed by atoms with Crippen molar-refractivity contribution in [2.75, 3.05) is 7.11 Å². The number of nitrogens with one attached hydrogen (secondary N) is 1. The molecule has 0 radical (unpaired) electrons. The molecule has 1 atom stereocenters. The molecule has 0 saturated carbocycles. The number of halogens is 1. The zero-order chi connectivity index (χ0) is 13.7. The van der Waals surface area contributed by atoms with E-state index in [1.54, 1.807) is 25.3 Å². The van der Waals surface area contributed by atoms with Crippen molar-refractivity contribution in [2.24, 2.45) is 11.7 Å². The molecule has 1 unspecified atom stereocenters. The zero-order valence-corrected chi connectivity index (χ0v) is 11.6. The van der Waals surface area contributed by atoms with E-state index in [4.69, 9.17) is 22.1 Å². The highest BCUT2D eigenvalue weighted by Gasteiger charge is 2.17. The van der Waals surface area contributed by atoms with Crippen LogP contribution in [0.2, 0.25) is 5.02 Å². The van der Waals surface area contributed by atoms with Gasteiger partial charge in [-0.25, -0.2) is 0 Å². The van der Waals surface area contributed by atoms with Gasteiger partial charge >= 0.3 is 0 Å². The van der Waals surface area contributed by atoms with Gasteiger partial charge in [0.25, 0.3) is 0 Å². The molecular formula is C13H19ClN2O2. The lowest BCUT2D eigenvalue weighted by Gasteiger charge is -2.16. The Bertz CT molecular complexity index is 421. The van der Waals surface area contributed by atoms with E-state index in [2.05, 4.69) is 5.32 Å². The fourth-order valence-corrected chi connectivity index (χ4v) is 1.73. The van der Waals surface area contributed by atoms with Gasteiger partial charge < -0.3 is 15.8 Å². The molecule has 0 bridgehead atoms. The van der Waals surface area contributed by atoms with Crippen LogP contribution in [0.3, 0.4) is 0 Å². The van der Waals surface area contributed by atoms with E-state index in [0.717, 1.165) is 5.56 Å². The summed E-state index contributed by atoms with van der Waals surface area (Å²) in [5.41, 5.74) is 6.51.